The Labute approximate surface area is 113 Å². The van der Waals surface area contributed by atoms with Crippen LogP contribution in [0.5, 0.6) is 5.75 Å². The van der Waals surface area contributed by atoms with Crippen LogP contribution < -0.4 is 4.74 Å². The molecule has 0 saturated heterocycles. The number of carbonyl (C=O) groups is 2. The quantitative estimate of drug-likeness (QED) is 0.623. The van der Waals surface area contributed by atoms with Gasteiger partial charge in [0.2, 0.25) is 11.6 Å². The number of ketones is 2. The molecule has 0 unspecified atom stereocenters. The molecular formula is C14H9F2NO3. The van der Waals surface area contributed by atoms with Gasteiger partial charge in [0.1, 0.15) is 5.75 Å². The lowest BCUT2D eigenvalue weighted by atomic mass is 10.0. The first-order valence-corrected chi connectivity index (χ1v) is 5.62. The number of aromatic nitrogens is 1. The molecule has 6 heteroatoms. The van der Waals surface area contributed by atoms with Crippen LogP contribution >= 0.6 is 0 Å². The fourth-order valence-electron chi connectivity index (χ4n) is 1.55. The number of pyridine rings is 1. The van der Waals surface area contributed by atoms with Gasteiger partial charge >= 0.3 is 6.61 Å². The third kappa shape index (κ3) is 3.23. The van der Waals surface area contributed by atoms with Gasteiger partial charge in [0, 0.05) is 23.5 Å². The van der Waals surface area contributed by atoms with Crippen molar-refractivity contribution in [3.05, 3.63) is 59.9 Å². The largest absolute Gasteiger partial charge is 0.435 e. The van der Waals surface area contributed by atoms with E-state index < -0.39 is 18.2 Å². The number of Topliss-reactive ketones (excluding diaryl/α,β-unsaturated/α-hetero) is 2. The van der Waals surface area contributed by atoms with Crippen LogP contribution in [0.2, 0.25) is 0 Å². The molecule has 2 rings (SSSR count). The highest BCUT2D eigenvalue weighted by Gasteiger charge is 2.18. The summed E-state index contributed by atoms with van der Waals surface area (Å²) in [5.41, 5.74) is 0.269. The van der Waals surface area contributed by atoms with Gasteiger partial charge in [-0.3, -0.25) is 14.6 Å². The molecule has 0 aliphatic heterocycles. The predicted octanol–water partition coefficient (Wildman–Crippen LogP) is 2.75. The lowest BCUT2D eigenvalue weighted by Gasteiger charge is -2.05. The van der Waals surface area contributed by atoms with E-state index in [4.69, 9.17) is 0 Å². The van der Waals surface area contributed by atoms with Crippen molar-refractivity contribution in [2.75, 3.05) is 0 Å². The van der Waals surface area contributed by atoms with E-state index in [2.05, 4.69) is 9.72 Å². The fourth-order valence-corrected chi connectivity index (χ4v) is 1.55. The summed E-state index contributed by atoms with van der Waals surface area (Å²) in [4.78, 5) is 27.5. The summed E-state index contributed by atoms with van der Waals surface area (Å²) in [6.07, 6.45) is 2.77. The minimum Gasteiger partial charge on any atom is -0.435 e. The lowest BCUT2D eigenvalue weighted by molar-refractivity contribution is -0.0498. The molecule has 0 amide bonds. The molecule has 102 valence electrons. The maximum Gasteiger partial charge on any atom is 0.387 e. The Kier molecular flexibility index (Phi) is 4.14. The highest BCUT2D eigenvalue weighted by atomic mass is 19.3. The van der Waals surface area contributed by atoms with Crippen molar-refractivity contribution in [2.45, 2.75) is 6.61 Å². The summed E-state index contributed by atoms with van der Waals surface area (Å²) in [7, 11) is 0. The number of benzene rings is 1. The van der Waals surface area contributed by atoms with Gasteiger partial charge in [-0.2, -0.15) is 8.78 Å². The van der Waals surface area contributed by atoms with Crippen LogP contribution in [0.4, 0.5) is 8.78 Å². The Hall–Kier alpha value is -2.63. The highest BCUT2D eigenvalue weighted by molar-refractivity contribution is 6.49. The van der Waals surface area contributed by atoms with Gasteiger partial charge in [0.15, 0.2) is 0 Å². The molecule has 20 heavy (non-hydrogen) atoms. The van der Waals surface area contributed by atoms with Crippen molar-refractivity contribution < 1.29 is 23.1 Å². The predicted molar refractivity (Wildman–Crippen MR) is 66.0 cm³/mol. The minimum absolute atomic E-state index is 0.0784. The molecule has 0 atom stereocenters. The number of carbonyl (C=O) groups excluding carboxylic acids is 2. The molecule has 0 aliphatic rings. The SMILES string of the molecule is O=C(C(=O)c1cccnc1)c1ccc(OC(F)F)cc1. The van der Waals surface area contributed by atoms with Gasteiger partial charge in [-0.25, -0.2) is 0 Å². The smallest absolute Gasteiger partial charge is 0.387 e. The summed E-state index contributed by atoms with van der Waals surface area (Å²) in [6.45, 7) is -2.94. The summed E-state index contributed by atoms with van der Waals surface area (Å²) < 4.78 is 28.1. The molecule has 1 heterocycles. The van der Waals surface area contributed by atoms with Crippen LogP contribution in [-0.2, 0) is 0 Å². The van der Waals surface area contributed by atoms with E-state index in [0.29, 0.717) is 0 Å². The maximum absolute atomic E-state index is 12.0. The second-order valence-corrected chi connectivity index (χ2v) is 3.80. The number of hydrogen-bond acceptors (Lipinski definition) is 4. The summed E-state index contributed by atoms with van der Waals surface area (Å²) in [6, 6.07) is 7.94. The zero-order chi connectivity index (χ0) is 14.5. The first kappa shape index (κ1) is 13.8. The normalized spacial score (nSPS) is 10.3. The van der Waals surface area contributed by atoms with E-state index in [1.165, 1.54) is 42.7 Å². The average molecular weight is 277 g/mol. The summed E-state index contributed by atoms with van der Waals surface area (Å²) >= 11 is 0. The first-order chi connectivity index (χ1) is 9.58. The van der Waals surface area contributed by atoms with E-state index in [1.807, 2.05) is 0 Å². The van der Waals surface area contributed by atoms with Crippen LogP contribution in [0.3, 0.4) is 0 Å². The van der Waals surface area contributed by atoms with Gasteiger partial charge in [0.25, 0.3) is 0 Å². The molecule has 0 spiro atoms. The van der Waals surface area contributed by atoms with Gasteiger partial charge in [-0.05, 0) is 36.4 Å². The zero-order valence-corrected chi connectivity index (χ0v) is 10.1. The molecule has 0 aliphatic carbocycles. The van der Waals surface area contributed by atoms with Gasteiger partial charge in [0.05, 0.1) is 0 Å². The summed E-state index contributed by atoms with van der Waals surface area (Å²) in [5.74, 6) is -1.52. The number of alkyl halides is 2. The second kappa shape index (κ2) is 6.01. The molecule has 0 fully saturated rings. The van der Waals surface area contributed by atoms with Gasteiger partial charge < -0.3 is 4.74 Å². The Morgan fingerprint density at radius 1 is 1.00 bits per heavy atom. The zero-order valence-electron chi connectivity index (χ0n) is 10.1. The van der Waals surface area contributed by atoms with E-state index in [-0.39, 0.29) is 16.9 Å². The Morgan fingerprint density at radius 2 is 1.65 bits per heavy atom. The number of halogens is 2. The molecule has 2 aromatic rings. The molecule has 0 radical (unpaired) electrons. The minimum atomic E-state index is -2.94. The van der Waals surface area contributed by atoms with Crippen LogP contribution in [0.15, 0.2) is 48.8 Å². The monoisotopic (exact) mass is 277 g/mol. The van der Waals surface area contributed by atoms with E-state index in [0.717, 1.165) is 0 Å². The Balaban J connectivity index is 2.15. The van der Waals surface area contributed by atoms with Crippen LogP contribution in [0.25, 0.3) is 0 Å². The number of nitrogens with zero attached hydrogens (tertiary/aromatic N) is 1. The van der Waals surface area contributed by atoms with Crippen LogP contribution in [0, 0.1) is 0 Å². The molecule has 0 N–H and O–H groups in total. The maximum atomic E-state index is 12.0. The van der Waals surface area contributed by atoms with E-state index in [9.17, 15) is 18.4 Å². The third-order valence-electron chi connectivity index (χ3n) is 2.47. The van der Waals surface area contributed by atoms with Gasteiger partial charge in [-0.1, -0.05) is 0 Å². The van der Waals surface area contributed by atoms with Crippen molar-refractivity contribution >= 4 is 11.6 Å². The van der Waals surface area contributed by atoms with Crippen LogP contribution in [0.1, 0.15) is 20.7 Å². The third-order valence-corrected chi connectivity index (χ3v) is 2.47. The molecule has 1 aromatic heterocycles. The molecule has 4 nitrogen and oxygen atoms in total. The van der Waals surface area contributed by atoms with Crippen molar-refractivity contribution in [3.63, 3.8) is 0 Å². The molecule has 0 saturated carbocycles. The number of ether oxygens (including phenoxy) is 1. The lowest BCUT2D eigenvalue weighted by Crippen LogP contribution is -2.14. The van der Waals surface area contributed by atoms with Crippen molar-refractivity contribution in [1.29, 1.82) is 0 Å². The molecular weight excluding hydrogens is 268 g/mol. The molecule has 0 bridgehead atoms. The standard InChI is InChI=1S/C14H9F2NO3/c15-14(16)20-11-5-3-9(4-6-11)12(18)13(19)10-2-1-7-17-8-10/h1-8,14H. The highest BCUT2D eigenvalue weighted by Crippen LogP contribution is 2.16. The second-order valence-electron chi connectivity index (χ2n) is 3.80. The number of hydrogen-bond donors (Lipinski definition) is 0. The van der Waals surface area contributed by atoms with Gasteiger partial charge in [-0.15, -0.1) is 0 Å². The van der Waals surface area contributed by atoms with Crippen LogP contribution in [-0.4, -0.2) is 23.2 Å². The first-order valence-electron chi connectivity index (χ1n) is 5.62. The topological polar surface area (TPSA) is 56.3 Å². The van der Waals surface area contributed by atoms with Crippen molar-refractivity contribution in [2.24, 2.45) is 0 Å². The van der Waals surface area contributed by atoms with E-state index in [1.54, 1.807) is 6.07 Å². The average Bonchev–Trinajstić information content (AvgIpc) is 2.47. The molecule has 1 aromatic carbocycles. The Morgan fingerprint density at radius 3 is 2.20 bits per heavy atom. The van der Waals surface area contributed by atoms with Crippen molar-refractivity contribution in [3.8, 4) is 5.75 Å². The summed E-state index contributed by atoms with van der Waals surface area (Å²) in [5, 5.41) is 0. The van der Waals surface area contributed by atoms with E-state index >= 15 is 0 Å². The fraction of sp³-hybridized carbons (Fsp3) is 0.0714. The Bertz CT molecular complexity index is 612. The number of rotatable bonds is 5. The van der Waals surface area contributed by atoms with Crippen molar-refractivity contribution in [1.82, 2.24) is 4.98 Å².